The highest BCUT2D eigenvalue weighted by Gasteiger charge is 2.06. The Morgan fingerprint density at radius 1 is 1.10 bits per heavy atom. The Morgan fingerprint density at radius 2 is 1.87 bits per heavy atom. The summed E-state index contributed by atoms with van der Waals surface area (Å²) in [4.78, 5) is 17.0. The fourth-order valence-corrected chi connectivity index (χ4v) is 3.02. The van der Waals surface area contributed by atoms with Crippen LogP contribution in [-0.4, -0.2) is 56.0 Å². The van der Waals surface area contributed by atoms with Crippen molar-refractivity contribution in [2.75, 3.05) is 40.3 Å². The van der Waals surface area contributed by atoms with Gasteiger partial charge >= 0.3 is 0 Å². The first-order chi connectivity index (χ1) is 14.5. The second-order valence-electron chi connectivity index (χ2n) is 7.42. The largest absolute Gasteiger partial charge is 0.494 e. The molecule has 7 nitrogen and oxygen atoms in total. The number of benzene rings is 2. The van der Waals surface area contributed by atoms with Crippen LogP contribution in [0.5, 0.6) is 5.75 Å². The van der Waals surface area contributed by atoms with Crippen molar-refractivity contribution in [2.45, 2.75) is 25.8 Å². The summed E-state index contributed by atoms with van der Waals surface area (Å²) in [5.74, 6) is 1.27. The Bertz CT molecular complexity index is 794. The lowest BCUT2D eigenvalue weighted by molar-refractivity contribution is -0.463. The third-order valence-electron chi connectivity index (χ3n) is 4.36. The van der Waals surface area contributed by atoms with Crippen LogP contribution in [0, 0.1) is 10.1 Å². The third-order valence-corrected chi connectivity index (χ3v) is 4.36. The molecule has 0 bridgehead atoms. The zero-order chi connectivity index (χ0) is 21.6. The molecule has 2 aromatic rings. The van der Waals surface area contributed by atoms with E-state index in [9.17, 15) is 10.1 Å². The van der Waals surface area contributed by atoms with Gasteiger partial charge in [-0.05, 0) is 50.2 Å². The van der Waals surface area contributed by atoms with Crippen molar-refractivity contribution in [3.63, 3.8) is 0 Å². The molecule has 0 saturated carbocycles. The maximum Gasteiger partial charge on any atom is 0.259 e. The molecule has 0 aromatic heterocycles. The first kappa shape index (κ1) is 23.3. The Morgan fingerprint density at radius 3 is 2.60 bits per heavy atom. The Balaban J connectivity index is 1.71. The van der Waals surface area contributed by atoms with Crippen LogP contribution < -0.4 is 10.1 Å². The van der Waals surface area contributed by atoms with Gasteiger partial charge in [0.25, 0.3) is 6.54 Å². The maximum absolute atomic E-state index is 10.9. The number of nitro groups is 1. The lowest BCUT2D eigenvalue weighted by Gasteiger charge is -2.11. The summed E-state index contributed by atoms with van der Waals surface area (Å²) in [5.41, 5.74) is 2.46. The molecule has 0 heterocycles. The summed E-state index contributed by atoms with van der Waals surface area (Å²) < 4.78 is 5.80. The topological polar surface area (TPSA) is 80.0 Å². The summed E-state index contributed by atoms with van der Waals surface area (Å²) >= 11 is 0. The van der Waals surface area contributed by atoms with Crippen LogP contribution in [0.1, 0.15) is 24.0 Å². The molecule has 0 unspecified atom stereocenters. The van der Waals surface area contributed by atoms with Gasteiger partial charge in [0.2, 0.25) is 0 Å². The summed E-state index contributed by atoms with van der Waals surface area (Å²) in [7, 11) is 4.06. The van der Waals surface area contributed by atoms with Gasteiger partial charge in [0.1, 0.15) is 5.75 Å². The predicted octanol–water partition coefficient (Wildman–Crippen LogP) is 3.41. The molecule has 2 aromatic carbocycles. The predicted molar refractivity (Wildman–Crippen MR) is 121 cm³/mol. The average molecular weight is 413 g/mol. The van der Waals surface area contributed by atoms with Gasteiger partial charge in [0.15, 0.2) is 5.84 Å². The highest BCUT2D eigenvalue weighted by atomic mass is 16.6. The van der Waals surface area contributed by atoms with Crippen molar-refractivity contribution < 1.29 is 9.66 Å². The minimum Gasteiger partial charge on any atom is -0.494 e. The van der Waals surface area contributed by atoms with Crippen molar-refractivity contribution in [1.29, 1.82) is 0 Å². The number of aliphatic imine (C=N–C) groups is 1. The Kier molecular flexibility index (Phi) is 10.4. The van der Waals surface area contributed by atoms with Crippen molar-refractivity contribution >= 4 is 5.84 Å². The van der Waals surface area contributed by atoms with Gasteiger partial charge in [-0.1, -0.05) is 42.5 Å². The second kappa shape index (κ2) is 13.3. The molecule has 0 aliphatic heterocycles. The van der Waals surface area contributed by atoms with Crippen LogP contribution in [0.4, 0.5) is 0 Å². The smallest absolute Gasteiger partial charge is 0.259 e. The Labute approximate surface area is 178 Å². The number of hydrogen-bond acceptors (Lipinski definition) is 5. The summed E-state index contributed by atoms with van der Waals surface area (Å²) in [6.45, 7) is 2.26. The van der Waals surface area contributed by atoms with E-state index in [4.69, 9.17) is 4.74 Å². The number of amidine groups is 1. The minimum atomic E-state index is -0.351. The van der Waals surface area contributed by atoms with Crippen LogP contribution in [0.15, 0.2) is 59.6 Å². The molecule has 0 atom stereocenters. The van der Waals surface area contributed by atoms with Gasteiger partial charge in [-0.3, -0.25) is 15.1 Å². The monoisotopic (exact) mass is 412 g/mol. The van der Waals surface area contributed by atoms with Crippen LogP contribution in [0.2, 0.25) is 0 Å². The van der Waals surface area contributed by atoms with Crippen LogP contribution >= 0.6 is 0 Å². The molecule has 1 N–H and O–H groups in total. The molecule has 7 heteroatoms. The minimum absolute atomic E-state index is 0.279. The van der Waals surface area contributed by atoms with Gasteiger partial charge in [-0.15, -0.1) is 0 Å². The van der Waals surface area contributed by atoms with E-state index in [1.165, 1.54) is 11.1 Å². The zero-order valence-electron chi connectivity index (χ0n) is 17.9. The highest BCUT2D eigenvalue weighted by Crippen LogP contribution is 2.14. The molecule has 0 radical (unpaired) electrons. The van der Waals surface area contributed by atoms with Gasteiger partial charge in [0, 0.05) is 31.0 Å². The van der Waals surface area contributed by atoms with E-state index >= 15 is 0 Å². The van der Waals surface area contributed by atoms with E-state index in [1.807, 2.05) is 50.5 Å². The quantitative estimate of drug-likeness (QED) is 0.179. The fraction of sp³-hybridized carbons (Fsp3) is 0.435. The molecule has 0 aliphatic rings. The molecule has 2 rings (SSSR count). The zero-order valence-corrected chi connectivity index (χ0v) is 17.9. The Hall–Kier alpha value is -2.93. The van der Waals surface area contributed by atoms with Gasteiger partial charge in [-0.2, -0.15) is 0 Å². The molecule has 0 saturated heterocycles. The van der Waals surface area contributed by atoms with Gasteiger partial charge in [0.05, 0.1) is 6.61 Å². The number of ether oxygens (including phenoxy) is 1. The normalized spacial score (nSPS) is 11.5. The van der Waals surface area contributed by atoms with Crippen molar-refractivity contribution in [1.82, 2.24) is 10.2 Å². The number of nitrogens with zero attached hydrogens (tertiary/aromatic N) is 3. The van der Waals surface area contributed by atoms with Crippen molar-refractivity contribution in [3.8, 4) is 5.75 Å². The summed E-state index contributed by atoms with van der Waals surface area (Å²) in [6.07, 6.45) is 2.53. The lowest BCUT2D eigenvalue weighted by Crippen LogP contribution is -2.31. The summed E-state index contributed by atoms with van der Waals surface area (Å²) in [6, 6.07) is 18.2. The van der Waals surface area contributed by atoms with E-state index in [2.05, 4.69) is 33.4 Å². The lowest BCUT2D eigenvalue weighted by atomic mass is 10.1. The fourth-order valence-electron chi connectivity index (χ4n) is 3.02. The first-order valence-electron chi connectivity index (χ1n) is 10.3. The molecular formula is C23H32N4O3. The van der Waals surface area contributed by atoms with Gasteiger partial charge < -0.3 is 15.0 Å². The standard InChI is InChI=1S/C23H32N4O3/c1-26(2)18-21-11-6-13-22(17-21)30-16-8-15-25-23(19-27(28)29)24-14-7-12-20-9-4-3-5-10-20/h3-6,9-11,13,17H,7-8,12,14-16,18-19H2,1-2H3,(H,24,25). The molecular weight excluding hydrogens is 380 g/mol. The number of rotatable bonds is 13. The first-order valence-corrected chi connectivity index (χ1v) is 10.3. The van der Waals surface area contributed by atoms with Crippen molar-refractivity contribution in [2.24, 2.45) is 4.99 Å². The van der Waals surface area contributed by atoms with Crippen LogP contribution in [-0.2, 0) is 13.0 Å². The molecule has 30 heavy (non-hydrogen) atoms. The molecule has 162 valence electrons. The second-order valence-corrected chi connectivity index (χ2v) is 7.42. The summed E-state index contributed by atoms with van der Waals surface area (Å²) in [5, 5.41) is 14.0. The third kappa shape index (κ3) is 10.0. The SMILES string of the molecule is CN(C)Cc1cccc(OCCCN=C(C[N+](=O)[O-])NCCCc2ccccc2)c1. The molecule has 0 spiro atoms. The van der Waals surface area contributed by atoms with E-state index in [-0.39, 0.29) is 11.5 Å². The number of aryl methyl sites for hydroxylation is 1. The van der Waals surface area contributed by atoms with Crippen LogP contribution in [0.25, 0.3) is 0 Å². The molecule has 0 amide bonds. The molecule has 0 aliphatic carbocycles. The number of nitrogens with one attached hydrogen (secondary N) is 1. The molecule has 0 fully saturated rings. The highest BCUT2D eigenvalue weighted by molar-refractivity contribution is 5.83. The van der Waals surface area contributed by atoms with Gasteiger partial charge in [-0.25, -0.2) is 0 Å². The van der Waals surface area contributed by atoms with Crippen molar-refractivity contribution in [3.05, 3.63) is 75.8 Å². The van der Waals surface area contributed by atoms with E-state index in [0.717, 1.165) is 25.1 Å². The number of hydrogen-bond donors (Lipinski definition) is 1. The van der Waals surface area contributed by atoms with E-state index < -0.39 is 0 Å². The maximum atomic E-state index is 10.9. The van der Waals surface area contributed by atoms with E-state index in [0.29, 0.717) is 32.0 Å². The van der Waals surface area contributed by atoms with E-state index in [1.54, 1.807) is 0 Å². The van der Waals surface area contributed by atoms with Crippen LogP contribution in [0.3, 0.4) is 0 Å². The average Bonchev–Trinajstić information content (AvgIpc) is 2.71.